The van der Waals surface area contributed by atoms with Crippen LogP contribution in [0.4, 0.5) is 8.78 Å². The van der Waals surface area contributed by atoms with Crippen LogP contribution in [0.5, 0.6) is 0 Å². The van der Waals surface area contributed by atoms with Crippen molar-refractivity contribution < 1.29 is 23.4 Å². The minimum absolute atomic E-state index is 0.0400. The van der Waals surface area contributed by atoms with Gasteiger partial charge in [-0.05, 0) is 93.3 Å². The van der Waals surface area contributed by atoms with Crippen molar-refractivity contribution >= 4 is 0 Å². The molecule has 0 radical (unpaired) electrons. The molecule has 3 nitrogen and oxygen atoms in total. The van der Waals surface area contributed by atoms with E-state index in [-0.39, 0.29) is 41.5 Å². The Bertz CT molecular complexity index is 702. The van der Waals surface area contributed by atoms with E-state index in [1.54, 1.807) is 0 Å². The number of ether oxygens (including phenoxy) is 2. The first-order valence-corrected chi connectivity index (χ1v) is 11.2. The number of rotatable bonds is 0. The van der Waals surface area contributed by atoms with Crippen molar-refractivity contribution in [3.63, 3.8) is 0 Å². The quantitative estimate of drug-likeness (QED) is 0.605. The maximum Gasteiger partial charge on any atom is 0.270 e. The number of aliphatic hydroxyl groups excluding tert-OH is 1. The molecule has 0 aromatic rings. The van der Waals surface area contributed by atoms with Crippen molar-refractivity contribution in [3.05, 3.63) is 11.7 Å². The third kappa shape index (κ3) is 2.48. The van der Waals surface area contributed by atoms with Crippen molar-refractivity contribution in [1.29, 1.82) is 0 Å². The predicted octanol–water partition coefficient (Wildman–Crippen LogP) is 5.28. The van der Waals surface area contributed by atoms with Crippen LogP contribution in [0.1, 0.15) is 72.6 Å². The minimum Gasteiger partial charge on any atom is -0.393 e. The molecule has 8 unspecified atom stereocenters. The number of fused-ring (bicyclic) bond motifs is 8. The Morgan fingerprint density at radius 3 is 2.36 bits per heavy atom. The molecule has 5 aliphatic rings. The molecule has 4 saturated carbocycles. The molecule has 1 aliphatic heterocycles. The van der Waals surface area contributed by atoms with E-state index in [4.69, 9.17) is 9.47 Å². The number of hydrogen-bond acceptors (Lipinski definition) is 3. The van der Waals surface area contributed by atoms with E-state index in [2.05, 4.69) is 13.8 Å². The van der Waals surface area contributed by atoms with Gasteiger partial charge in [0.1, 0.15) is 0 Å². The van der Waals surface area contributed by atoms with E-state index in [9.17, 15) is 13.9 Å². The smallest absolute Gasteiger partial charge is 0.270 e. The van der Waals surface area contributed by atoms with Gasteiger partial charge in [-0.25, -0.2) is 0 Å². The zero-order chi connectivity index (χ0) is 20.1. The van der Waals surface area contributed by atoms with Crippen LogP contribution in [-0.4, -0.2) is 29.2 Å². The monoisotopic (exact) mass is 396 g/mol. The molecule has 1 heterocycles. The highest BCUT2D eigenvalue weighted by Crippen LogP contribution is 2.69. The van der Waals surface area contributed by atoms with Crippen molar-refractivity contribution in [2.45, 2.75) is 96.7 Å². The summed E-state index contributed by atoms with van der Waals surface area (Å²) in [7, 11) is 0. The second kappa shape index (κ2) is 6.01. The second-order valence-electron chi connectivity index (χ2n) is 11.1. The summed E-state index contributed by atoms with van der Waals surface area (Å²) in [5.74, 6) is 0.590. The Hall–Kier alpha value is -0.520. The number of halogens is 2. The van der Waals surface area contributed by atoms with E-state index in [1.807, 2.05) is 13.8 Å². The lowest BCUT2D eigenvalue weighted by atomic mass is 9.43. The summed E-state index contributed by atoms with van der Waals surface area (Å²) in [5, 5.41) is 10.4. The summed E-state index contributed by atoms with van der Waals surface area (Å²) in [5.41, 5.74) is 0.0894. The number of aliphatic hydroxyl groups is 1. The molecule has 5 fully saturated rings. The molecule has 5 rings (SSSR count). The molecule has 158 valence electrons. The Kier molecular flexibility index (Phi) is 4.17. The van der Waals surface area contributed by atoms with Gasteiger partial charge in [0.2, 0.25) is 0 Å². The van der Waals surface area contributed by atoms with Gasteiger partial charge in [-0.3, -0.25) is 0 Å². The van der Waals surface area contributed by atoms with Gasteiger partial charge >= 0.3 is 0 Å². The average molecular weight is 397 g/mol. The van der Waals surface area contributed by atoms with Crippen LogP contribution in [0.25, 0.3) is 0 Å². The largest absolute Gasteiger partial charge is 0.393 e. The van der Waals surface area contributed by atoms with E-state index >= 15 is 0 Å². The van der Waals surface area contributed by atoms with Crippen molar-refractivity contribution in [2.24, 2.45) is 34.5 Å². The predicted molar refractivity (Wildman–Crippen MR) is 102 cm³/mol. The van der Waals surface area contributed by atoms with Crippen LogP contribution in [0.15, 0.2) is 11.7 Å². The highest BCUT2D eigenvalue weighted by molar-refractivity contribution is 5.26. The molecular formula is C23H34F2O3. The van der Waals surface area contributed by atoms with E-state index in [0.29, 0.717) is 17.9 Å². The SMILES string of the molecule is CC1(C)OC2C3C4CCC(=C(F)F)C4(C)CCC3C3(C)CCC(O)CC3[C@H]2O1. The third-order valence-corrected chi connectivity index (χ3v) is 9.52. The lowest BCUT2D eigenvalue weighted by molar-refractivity contribution is -0.183. The van der Waals surface area contributed by atoms with Gasteiger partial charge in [0.25, 0.3) is 6.08 Å². The van der Waals surface area contributed by atoms with Gasteiger partial charge in [-0.1, -0.05) is 13.8 Å². The van der Waals surface area contributed by atoms with Crippen molar-refractivity contribution in [2.75, 3.05) is 0 Å². The average Bonchev–Trinajstić information content (AvgIpc) is 3.12. The van der Waals surface area contributed by atoms with E-state index in [1.165, 1.54) is 0 Å². The first-order valence-electron chi connectivity index (χ1n) is 11.2. The topological polar surface area (TPSA) is 38.7 Å². The molecule has 0 aromatic heterocycles. The lowest BCUT2D eigenvalue weighted by Gasteiger charge is -2.62. The first kappa shape index (κ1) is 19.4. The second-order valence-corrected chi connectivity index (χ2v) is 11.1. The molecule has 5 heteroatoms. The standard InChI is InChI=1S/C23H34F2O3/c1-21(2)27-18-16-11-12(26)7-9-23(16,4)14-8-10-22(3)13(17(14)19(18)28-21)5-6-15(22)20(24)25/h12-14,16-19,26H,5-11H2,1-4H3/t12?,13?,14?,16?,17?,18-,19?,22?,23?/m1/s1. The van der Waals surface area contributed by atoms with Gasteiger partial charge in [0.05, 0.1) is 18.3 Å². The van der Waals surface area contributed by atoms with Gasteiger partial charge in [0.15, 0.2) is 5.79 Å². The van der Waals surface area contributed by atoms with Crippen molar-refractivity contribution in [1.82, 2.24) is 0 Å². The van der Waals surface area contributed by atoms with Crippen LogP contribution in [0, 0.1) is 34.5 Å². The van der Waals surface area contributed by atoms with Crippen molar-refractivity contribution in [3.8, 4) is 0 Å². The highest BCUT2D eigenvalue weighted by Gasteiger charge is 2.68. The summed E-state index contributed by atoms with van der Waals surface area (Å²) in [6, 6.07) is 0. The molecule has 1 N–H and O–H groups in total. The molecule has 28 heavy (non-hydrogen) atoms. The van der Waals surface area contributed by atoms with E-state index < -0.39 is 17.3 Å². The van der Waals surface area contributed by atoms with Crippen LogP contribution >= 0.6 is 0 Å². The fraction of sp³-hybridized carbons (Fsp3) is 0.913. The summed E-state index contributed by atoms with van der Waals surface area (Å²) < 4.78 is 40.4. The molecule has 9 atom stereocenters. The van der Waals surface area contributed by atoms with Crippen LogP contribution in [-0.2, 0) is 9.47 Å². The molecule has 0 spiro atoms. The molecule has 0 bridgehead atoms. The maximum atomic E-state index is 13.8. The lowest BCUT2D eigenvalue weighted by Crippen LogP contribution is -2.63. The molecule has 4 aliphatic carbocycles. The Balaban J connectivity index is 1.59. The Morgan fingerprint density at radius 2 is 1.64 bits per heavy atom. The molecule has 0 aromatic carbocycles. The fourth-order valence-electron chi connectivity index (χ4n) is 8.29. The zero-order valence-electron chi connectivity index (χ0n) is 17.5. The van der Waals surface area contributed by atoms with Crippen LogP contribution in [0.2, 0.25) is 0 Å². The maximum absolute atomic E-state index is 13.8. The molecule has 1 saturated heterocycles. The Labute approximate surface area is 166 Å². The fourth-order valence-corrected chi connectivity index (χ4v) is 8.29. The third-order valence-electron chi connectivity index (χ3n) is 9.52. The summed E-state index contributed by atoms with van der Waals surface area (Å²) in [6.07, 6.45) is 3.98. The van der Waals surface area contributed by atoms with E-state index in [0.717, 1.165) is 38.5 Å². The Morgan fingerprint density at radius 1 is 0.929 bits per heavy atom. The zero-order valence-corrected chi connectivity index (χ0v) is 17.5. The number of allylic oxidation sites excluding steroid dienone is 1. The van der Waals surface area contributed by atoms with Crippen LogP contribution < -0.4 is 0 Å². The van der Waals surface area contributed by atoms with Crippen LogP contribution in [0.3, 0.4) is 0 Å². The minimum atomic E-state index is -1.45. The highest BCUT2D eigenvalue weighted by atomic mass is 19.3. The number of hydrogen-bond donors (Lipinski definition) is 1. The van der Waals surface area contributed by atoms with Gasteiger partial charge in [-0.15, -0.1) is 0 Å². The molecule has 0 amide bonds. The van der Waals surface area contributed by atoms with Gasteiger partial charge < -0.3 is 14.6 Å². The summed E-state index contributed by atoms with van der Waals surface area (Å²) >= 11 is 0. The first-order chi connectivity index (χ1) is 13.1. The molecular weight excluding hydrogens is 362 g/mol. The normalized spacial score (nSPS) is 54.5. The van der Waals surface area contributed by atoms with Gasteiger partial charge in [-0.2, -0.15) is 8.78 Å². The summed E-state index contributed by atoms with van der Waals surface area (Å²) in [4.78, 5) is 0. The summed E-state index contributed by atoms with van der Waals surface area (Å²) in [6.45, 7) is 8.40. The van der Waals surface area contributed by atoms with Gasteiger partial charge in [0, 0.05) is 5.57 Å².